The molecule has 1 saturated carbocycles. The molecule has 1 aliphatic rings. The van der Waals surface area contributed by atoms with Crippen LogP contribution in [-0.4, -0.2) is 53.9 Å². The molecule has 1 fully saturated rings. The van der Waals surface area contributed by atoms with E-state index in [1.807, 2.05) is 39.0 Å². The Morgan fingerprint density at radius 1 is 0.900 bits per heavy atom. The molecule has 2 aromatic carbocycles. The molecule has 3 aromatic rings. The Hall–Kier alpha value is -3.52. The van der Waals surface area contributed by atoms with E-state index in [2.05, 4.69) is 35.9 Å². The Morgan fingerprint density at radius 3 is 2.20 bits per heavy atom. The van der Waals surface area contributed by atoms with E-state index in [0.717, 1.165) is 60.3 Å². The van der Waals surface area contributed by atoms with E-state index in [-0.39, 0.29) is 6.61 Å². The zero-order valence-corrected chi connectivity index (χ0v) is 24.2. The summed E-state index contributed by atoms with van der Waals surface area (Å²) in [6, 6.07) is 14.4. The van der Waals surface area contributed by atoms with E-state index in [0.29, 0.717) is 55.5 Å². The molecule has 0 radical (unpaired) electrons. The fraction of sp³-hybridized carbons (Fsp3) is 0.500. The maximum atomic E-state index is 10.8. The maximum absolute atomic E-state index is 10.8. The van der Waals surface area contributed by atoms with Crippen molar-refractivity contribution in [1.82, 2.24) is 9.78 Å². The molecule has 216 valence electrons. The van der Waals surface area contributed by atoms with Gasteiger partial charge < -0.3 is 24.1 Å². The number of carboxylic acid groups (broad SMARTS) is 1. The number of ether oxygens (including phenoxy) is 4. The van der Waals surface area contributed by atoms with Gasteiger partial charge in [0.25, 0.3) is 0 Å². The molecule has 0 unspecified atom stereocenters. The first kappa shape index (κ1) is 29.5. The summed E-state index contributed by atoms with van der Waals surface area (Å²) in [5.41, 5.74) is 5.06. The highest BCUT2D eigenvalue weighted by Gasteiger charge is 2.27. The number of hydrogen-bond acceptors (Lipinski definition) is 6. The number of aromatic nitrogens is 2. The average molecular weight is 551 g/mol. The molecule has 0 amide bonds. The van der Waals surface area contributed by atoms with Crippen LogP contribution in [0.15, 0.2) is 42.5 Å². The van der Waals surface area contributed by atoms with Gasteiger partial charge in [-0.25, -0.2) is 4.79 Å². The number of carboxylic acids is 1. The van der Waals surface area contributed by atoms with Gasteiger partial charge in [0, 0.05) is 23.4 Å². The third-order valence-electron chi connectivity index (χ3n) is 7.45. The van der Waals surface area contributed by atoms with Crippen molar-refractivity contribution in [3.05, 3.63) is 48.2 Å². The van der Waals surface area contributed by atoms with Crippen molar-refractivity contribution in [1.29, 1.82) is 0 Å². The smallest absolute Gasteiger partial charge is 0.329 e. The first-order valence-electron chi connectivity index (χ1n) is 14.4. The van der Waals surface area contributed by atoms with E-state index < -0.39 is 5.97 Å². The van der Waals surface area contributed by atoms with Gasteiger partial charge in [0.15, 0.2) is 11.5 Å². The van der Waals surface area contributed by atoms with Crippen molar-refractivity contribution in [2.75, 3.05) is 33.0 Å². The fourth-order valence-electron chi connectivity index (χ4n) is 5.57. The van der Waals surface area contributed by atoms with Crippen molar-refractivity contribution < 1.29 is 28.8 Å². The molecular weight excluding hydrogens is 508 g/mol. The molecule has 0 atom stereocenters. The summed E-state index contributed by atoms with van der Waals surface area (Å²) in [4.78, 5) is 10.8. The van der Waals surface area contributed by atoms with E-state index in [4.69, 9.17) is 29.2 Å². The van der Waals surface area contributed by atoms with Crippen molar-refractivity contribution in [2.45, 2.75) is 59.9 Å². The molecule has 8 heteroatoms. The summed E-state index contributed by atoms with van der Waals surface area (Å²) in [5, 5.41) is 14.0. The fourth-order valence-corrected chi connectivity index (χ4v) is 5.57. The monoisotopic (exact) mass is 550 g/mol. The molecule has 40 heavy (non-hydrogen) atoms. The van der Waals surface area contributed by atoms with Crippen LogP contribution in [0.25, 0.3) is 22.4 Å². The van der Waals surface area contributed by atoms with Gasteiger partial charge in [-0.2, -0.15) is 5.10 Å². The second kappa shape index (κ2) is 14.2. The number of aliphatic carboxylic acids is 1. The lowest BCUT2D eigenvalue weighted by Crippen LogP contribution is -2.23. The standard InChI is InChI=1S/C32H42N2O6/c1-5-38-27-18-17-26(31(39-6-2)32(27)40-7-3)30-29(25-11-9-8-10-12-25)22(4)34(33-30)19-23-13-15-24(16-14-23)20-37-21-28(35)36/h8-12,17-18,23-24H,5-7,13-16,19-21H2,1-4H3,(H,35,36). The maximum Gasteiger partial charge on any atom is 0.329 e. The predicted octanol–water partition coefficient (Wildman–Crippen LogP) is 6.63. The highest BCUT2D eigenvalue weighted by atomic mass is 16.5. The van der Waals surface area contributed by atoms with Crippen molar-refractivity contribution in [3.8, 4) is 39.6 Å². The zero-order chi connectivity index (χ0) is 28.5. The lowest BCUT2D eigenvalue weighted by molar-refractivity contribution is -0.142. The van der Waals surface area contributed by atoms with Gasteiger partial charge in [-0.05, 0) is 82.9 Å². The molecule has 1 aromatic heterocycles. The number of hydrogen-bond donors (Lipinski definition) is 1. The third kappa shape index (κ3) is 6.97. The van der Waals surface area contributed by atoms with Crippen LogP contribution in [0.3, 0.4) is 0 Å². The number of benzene rings is 2. The first-order valence-corrected chi connectivity index (χ1v) is 14.4. The normalized spacial score (nSPS) is 17.0. The van der Waals surface area contributed by atoms with Gasteiger partial charge >= 0.3 is 5.97 Å². The van der Waals surface area contributed by atoms with Gasteiger partial charge in [-0.15, -0.1) is 0 Å². The van der Waals surface area contributed by atoms with Crippen LogP contribution in [0, 0.1) is 18.8 Å². The summed E-state index contributed by atoms with van der Waals surface area (Å²) in [7, 11) is 0. The molecule has 0 bridgehead atoms. The molecule has 4 rings (SSSR count). The van der Waals surface area contributed by atoms with E-state index in [1.54, 1.807) is 0 Å². The lowest BCUT2D eigenvalue weighted by atomic mass is 9.82. The molecule has 1 N–H and O–H groups in total. The van der Waals surface area contributed by atoms with Crippen LogP contribution in [0.2, 0.25) is 0 Å². The van der Waals surface area contributed by atoms with Crippen LogP contribution in [0.1, 0.15) is 52.1 Å². The summed E-state index contributed by atoms with van der Waals surface area (Å²) in [6.45, 7) is 10.7. The molecule has 0 saturated heterocycles. The van der Waals surface area contributed by atoms with Gasteiger partial charge in [-0.3, -0.25) is 4.68 Å². The molecule has 1 heterocycles. The minimum atomic E-state index is -0.915. The van der Waals surface area contributed by atoms with Crippen molar-refractivity contribution >= 4 is 5.97 Å². The van der Waals surface area contributed by atoms with Crippen LogP contribution in [-0.2, 0) is 16.1 Å². The van der Waals surface area contributed by atoms with Crippen molar-refractivity contribution in [3.63, 3.8) is 0 Å². The highest BCUT2D eigenvalue weighted by molar-refractivity contribution is 5.87. The number of rotatable bonds is 14. The number of nitrogens with zero attached hydrogens (tertiary/aromatic N) is 2. The Morgan fingerprint density at radius 2 is 1.55 bits per heavy atom. The Kier molecular flexibility index (Phi) is 10.5. The van der Waals surface area contributed by atoms with E-state index >= 15 is 0 Å². The van der Waals surface area contributed by atoms with Crippen LogP contribution in [0.5, 0.6) is 17.2 Å². The summed E-state index contributed by atoms with van der Waals surface area (Å²) < 4.78 is 25.7. The molecule has 1 aliphatic carbocycles. The topological polar surface area (TPSA) is 92.0 Å². The van der Waals surface area contributed by atoms with Crippen molar-refractivity contribution in [2.24, 2.45) is 11.8 Å². The molecule has 0 aliphatic heterocycles. The SMILES string of the molecule is CCOc1ccc(-c2nn(CC3CCC(COCC(=O)O)CC3)c(C)c2-c2ccccc2)c(OCC)c1OCC. The second-order valence-electron chi connectivity index (χ2n) is 10.2. The molecule has 8 nitrogen and oxygen atoms in total. The van der Waals surface area contributed by atoms with Gasteiger partial charge in [0.2, 0.25) is 5.75 Å². The lowest BCUT2D eigenvalue weighted by Gasteiger charge is -2.28. The summed E-state index contributed by atoms with van der Waals surface area (Å²) >= 11 is 0. The Labute approximate surface area is 237 Å². The third-order valence-corrected chi connectivity index (χ3v) is 7.45. The van der Waals surface area contributed by atoms with E-state index in [9.17, 15) is 4.79 Å². The molecular formula is C32H42N2O6. The largest absolute Gasteiger partial charge is 0.490 e. The summed E-state index contributed by atoms with van der Waals surface area (Å²) in [6.07, 6.45) is 4.21. The Balaban J connectivity index is 1.68. The summed E-state index contributed by atoms with van der Waals surface area (Å²) in [5.74, 6) is 1.92. The van der Waals surface area contributed by atoms with Crippen LogP contribution >= 0.6 is 0 Å². The predicted molar refractivity (Wildman–Crippen MR) is 155 cm³/mol. The van der Waals surface area contributed by atoms with E-state index in [1.165, 1.54) is 0 Å². The van der Waals surface area contributed by atoms with Crippen LogP contribution < -0.4 is 14.2 Å². The Bertz CT molecular complexity index is 1250. The van der Waals surface area contributed by atoms with Gasteiger partial charge in [0.05, 0.1) is 26.4 Å². The minimum Gasteiger partial charge on any atom is -0.490 e. The van der Waals surface area contributed by atoms with Crippen LogP contribution in [0.4, 0.5) is 0 Å². The van der Waals surface area contributed by atoms with Gasteiger partial charge in [0.1, 0.15) is 12.3 Å². The quantitative estimate of drug-likeness (QED) is 0.241. The molecule has 0 spiro atoms. The second-order valence-corrected chi connectivity index (χ2v) is 10.2. The zero-order valence-electron chi connectivity index (χ0n) is 24.2. The van der Waals surface area contributed by atoms with Gasteiger partial charge in [-0.1, -0.05) is 30.3 Å². The number of carbonyl (C=O) groups is 1. The highest BCUT2D eigenvalue weighted by Crippen LogP contribution is 2.47. The first-order chi connectivity index (χ1) is 19.5. The minimum absolute atomic E-state index is 0.224. The average Bonchev–Trinajstić information content (AvgIpc) is 3.27.